The molecule has 3 heterocycles. The molecule has 1 aromatic heterocycles. The number of amides is 1. The highest BCUT2D eigenvalue weighted by Gasteiger charge is 2.52. The molecule has 2 saturated heterocycles. The fraction of sp³-hybridized carbons (Fsp3) is 0.625. The van der Waals surface area contributed by atoms with Gasteiger partial charge in [0, 0.05) is 32.9 Å². The number of piperidine rings is 1. The van der Waals surface area contributed by atoms with E-state index in [1.807, 2.05) is 23.2 Å². The number of nitrogens with zero attached hydrogens (tertiary/aromatic N) is 3. The Hall–Kier alpha value is -1.46. The standard InChI is InChI=1S/C16H23N3O2/c1-21-11-10-19-13-16(15(19)20)5-8-18(9-6-16)12-14-4-2-3-7-17-14/h2-4,7H,5-6,8-13H2,1H3. The predicted molar refractivity (Wildman–Crippen MR) is 79.6 cm³/mol. The Morgan fingerprint density at radius 3 is 2.76 bits per heavy atom. The molecule has 5 nitrogen and oxygen atoms in total. The highest BCUT2D eigenvalue weighted by molar-refractivity contribution is 5.89. The van der Waals surface area contributed by atoms with E-state index in [-0.39, 0.29) is 5.41 Å². The van der Waals surface area contributed by atoms with Crippen molar-refractivity contribution in [1.82, 2.24) is 14.8 Å². The number of carbonyl (C=O) groups excluding carboxylic acids is 1. The van der Waals surface area contributed by atoms with E-state index >= 15 is 0 Å². The smallest absolute Gasteiger partial charge is 0.230 e. The molecule has 114 valence electrons. The summed E-state index contributed by atoms with van der Waals surface area (Å²) in [6.07, 6.45) is 3.79. The van der Waals surface area contributed by atoms with Crippen molar-refractivity contribution >= 4 is 5.91 Å². The molecule has 2 fully saturated rings. The molecular formula is C16H23N3O2. The number of ether oxygens (including phenoxy) is 1. The van der Waals surface area contributed by atoms with Crippen LogP contribution < -0.4 is 0 Å². The minimum absolute atomic E-state index is 0.0750. The van der Waals surface area contributed by atoms with Gasteiger partial charge in [-0.3, -0.25) is 14.7 Å². The maximum Gasteiger partial charge on any atom is 0.230 e. The van der Waals surface area contributed by atoms with Gasteiger partial charge in [0.15, 0.2) is 0 Å². The molecule has 0 radical (unpaired) electrons. The number of methoxy groups -OCH3 is 1. The van der Waals surface area contributed by atoms with Crippen LogP contribution in [0.25, 0.3) is 0 Å². The highest BCUT2D eigenvalue weighted by atomic mass is 16.5. The molecule has 1 aromatic rings. The Balaban J connectivity index is 1.49. The van der Waals surface area contributed by atoms with Gasteiger partial charge in [-0.1, -0.05) is 6.07 Å². The lowest BCUT2D eigenvalue weighted by molar-refractivity contribution is -0.166. The Bertz CT molecular complexity index is 484. The van der Waals surface area contributed by atoms with Crippen LogP contribution >= 0.6 is 0 Å². The number of hydrogen-bond acceptors (Lipinski definition) is 4. The van der Waals surface area contributed by atoms with Gasteiger partial charge < -0.3 is 9.64 Å². The summed E-state index contributed by atoms with van der Waals surface area (Å²) in [5, 5.41) is 0. The summed E-state index contributed by atoms with van der Waals surface area (Å²) in [5.41, 5.74) is 1.03. The average molecular weight is 289 g/mol. The zero-order valence-electron chi connectivity index (χ0n) is 12.6. The van der Waals surface area contributed by atoms with Gasteiger partial charge in [-0.05, 0) is 38.1 Å². The molecule has 0 unspecified atom stereocenters. The molecule has 1 spiro atoms. The Kier molecular flexibility index (Phi) is 4.22. The largest absolute Gasteiger partial charge is 0.383 e. The van der Waals surface area contributed by atoms with Gasteiger partial charge >= 0.3 is 0 Å². The molecule has 21 heavy (non-hydrogen) atoms. The summed E-state index contributed by atoms with van der Waals surface area (Å²) in [7, 11) is 1.68. The fourth-order valence-corrected chi connectivity index (χ4v) is 3.36. The van der Waals surface area contributed by atoms with Crippen molar-refractivity contribution in [2.75, 3.05) is 39.9 Å². The van der Waals surface area contributed by atoms with Gasteiger partial charge in [-0.15, -0.1) is 0 Å². The first-order valence-corrected chi connectivity index (χ1v) is 7.64. The van der Waals surface area contributed by atoms with Crippen molar-refractivity contribution in [1.29, 1.82) is 0 Å². The first-order valence-electron chi connectivity index (χ1n) is 7.64. The van der Waals surface area contributed by atoms with E-state index in [9.17, 15) is 4.79 Å². The third kappa shape index (κ3) is 2.94. The normalized spacial score (nSPS) is 21.6. The maximum absolute atomic E-state index is 12.3. The Morgan fingerprint density at radius 1 is 1.33 bits per heavy atom. The average Bonchev–Trinajstić information content (AvgIpc) is 2.53. The van der Waals surface area contributed by atoms with Gasteiger partial charge in [0.25, 0.3) is 0 Å². The first-order chi connectivity index (χ1) is 10.2. The van der Waals surface area contributed by atoms with Crippen LogP contribution in [0.3, 0.4) is 0 Å². The number of β-lactam (4-membered cyclic amide) rings is 1. The lowest BCUT2D eigenvalue weighted by Crippen LogP contribution is -2.65. The number of likely N-dealkylation sites (tertiary alicyclic amines) is 2. The summed E-state index contributed by atoms with van der Waals surface area (Å²) >= 11 is 0. The maximum atomic E-state index is 12.3. The summed E-state index contributed by atoms with van der Waals surface area (Å²) < 4.78 is 5.05. The van der Waals surface area contributed by atoms with Crippen LogP contribution in [0.1, 0.15) is 18.5 Å². The lowest BCUT2D eigenvalue weighted by Gasteiger charge is -2.52. The minimum Gasteiger partial charge on any atom is -0.383 e. The molecule has 2 aliphatic heterocycles. The van der Waals surface area contributed by atoms with Crippen LogP contribution in [0.4, 0.5) is 0 Å². The van der Waals surface area contributed by atoms with Crippen molar-refractivity contribution in [2.24, 2.45) is 5.41 Å². The first kappa shape index (κ1) is 14.5. The van der Waals surface area contributed by atoms with Gasteiger partial charge in [0.1, 0.15) is 0 Å². The van der Waals surface area contributed by atoms with Crippen molar-refractivity contribution in [2.45, 2.75) is 19.4 Å². The van der Waals surface area contributed by atoms with Crippen LogP contribution in [0.15, 0.2) is 24.4 Å². The van der Waals surface area contributed by atoms with Crippen LogP contribution in [0.5, 0.6) is 0 Å². The second-order valence-corrected chi connectivity index (χ2v) is 6.10. The highest BCUT2D eigenvalue weighted by Crippen LogP contribution is 2.41. The Morgan fingerprint density at radius 2 is 2.14 bits per heavy atom. The van der Waals surface area contributed by atoms with E-state index in [1.165, 1.54) is 0 Å². The quantitative estimate of drug-likeness (QED) is 0.763. The van der Waals surface area contributed by atoms with E-state index in [0.29, 0.717) is 12.5 Å². The minimum atomic E-state index is -0.0750. The second-order valence-electron chi connectivity index (χ2n) is 6.10. The van der Waals surface area contributed by atoms with E-state index in [2.05, 4.69) is 16.0 Å². The second kappa shape index (κ2) is 6.12. The van der Waals surface area contributed by atoms with Crippen LogP contribution in [-0.4, -0.2) is 60.6 Å². The summed E-state index contributed by atoms with van der Waals surface area (Å²) in [4.78, 5) is 21.1. The monoisotopic (exact) mass is 289 g/mol. The zero-order valence-corrected chi connectivity index (χ0v) is 12.6. The Labute approximate surface area is 125 Å². The van der Waals surface area contributed by atoms with Gasteiger partial charge in [0.2, 0.25) is 5.91 Å². The number of pyridine rings is 1. The van der Waals surface area contributed by atoms with E-state index in [4.69, 9.17) is 4.74 Å². The lowest BCUT2D eigenvalue weighted by atomic mass is 9.71. The summed E-state index contributed by atoms with van der Waals surface area (Å²) in [6.45, 7) is 5.13. The van der Waals surface area contributed by atoms with E-state index in [0.717, 1.165) is 51.3 Å². The molecular weight excluding hydrogens is 266 g/mol. The molecule has 0 N–H and O–H groups in total. The van der Waals surface area contributed by atoms with Gasteiger partial charge in [0.05, 0.1) is 17.7 Å². The molecule has 0 bridgehead atoms. The number of carbonyl (C=O) groups is 1. The van der Waals surface area contributed by atoms with E-state index in [1.54, 1.807) is 7.11 Å². The van der Waals surface area contributed by atoms with Crippen LogP contribution in [0, 0.1) is 5.41 Å². The predicted octanol–water partition coefficient (Wildman–Crippen LogP) is 1.15. The number of hydrogen-bond donors (Lipinski definition) is 0. The molecule has 2 aliphatic rings. The third-order valence-electron chi connectivity index (χ3n) is 4.72. The zero-order chi connectivity index (χ0) is 14.7. The molecule has 0 aliphatic carbocycles. The van der Waals surface area contributed by atoms with Crippen LogP contribution in [0.2, 0.25) is 0 Å². The van der Waals surface area contributed by atoms with Crippen molar-refractivity contribution < 1.29 is 9.53 Å². The van der Waals surface area contributed by atoms with Gasteiger partial charge in [-0.2, -0.15) is 0 Å². The van der Waals surface area contributed by atoms with Crippen molar-refractivity contribution in [3.8, 4) is 0 Å². The SMILES string of the molecule is COCCN1CC2(CCN(Cc3ccccn3)CC2)C1=O. The molecule has 0 atom stereocenters. The number of rotatable bonds is 5. The van der Waals surface area contributed by atoms with Crippen molar-refractivity contribution in [3.63, 3.8) is 0 Å². The topological polar surface area (TPSA) is 45.7 Å². The fourth-order valence-electron chi connectivity index (χ4n) is 3.36. The molecule has 1 amide bonds. The number of aromatic nitrogens is 1. The van der Waals surface area contributed by atoms with Crippen molar-refractivity contribution in [3.05, 3.63) is 30.1 Å². The van der Waals surface area contributed by atoms with Crippen LogP contribution in [-0.2, 0) is 16.1 Å². The summed E-state index contributed by atoms with van der Waals surface area (Å²) in [6, 6.07) is 6.03. The molecule has 0 aromatic carbocycles. The summed E-state index contributed by atoms with van der Waals surface area (Å²) in [5.74, 6) is 0.331. The molecule has 3 rings (SSSR count). The third-order valence-corrected chi connectivity index (χ3v) is 4.72. The van der Waals surface area contributed by atoms with E-state index < -0.39 is 0 Å². The van der Waals surface area contributed by atoms with Gasteiger partial charge in [-0.25, -0.2) is 0 Å². The molecule has 0 saturated carbocycles. The molecule has 5 heteroatoms.